The van der Waals surface area contributed by atoms with E-state index in [4.69, 9.17) is 9.47 Å². The van der Waals surface area contributed by atoms with Gasteiger partial charge in [0.25, 0.3) is 0 Å². The molecule has 0 aliphatic carbocycles. The average Bonchev–Trinajstić information content (AvgIpc) is 3.01. The third-order valence-electron chi connectivity index (χ3n) is 4.81. The number of aromatic nitrogens is 2. The summed E-state index contributed by atoms with van der Waals surface area (Å²) < 4.78 is 25.5. The van der Waals surface area contributed by atoms with Gasteiger partial charge in [-0.3, -0.25) is 4.79 Å². The van der Waals surface area contributed by atoms with E-state index < -0.39 is 0 Å². The van der Waals surface area contributed by atoms with Crippen LogP contribution in [0.25, 0.3) is 11.8 Å². The Balaban J connectivity index is 1.81. The van der Waals surface area contributed by atoms with Crippen LogP contribution in [0.15, 0.2) is 42.5 Å². The zero-order chi connectivity index (χ0) is 21.8. The number of ether oxygens (including phenoxy) is 2. The Hall–Kier alpha value is -3.61. The van der Waals surface area contributed by atoms with E-state index in [9.17, 15) is 9.18 Å². The zero-order valence-corrected chi connectivity index (χ0v) is 17.6. The molecule has 0 saturated heterocycles. The van der Waals surface area contributed by atoms with Crippen LogP contribution in [-0.4, -0.2) is 29.9 Å². The Bertz CT molecular complexity index is 1100. The Morgan fingerprint density at radius 1 is 1.07 bits per heavy atom. The van der Waals surface area contributed by atoms with Crippen molar-refractivity contribution >= 4 is 17.7 Å². The highest BCUT2D eigenvalue weighted by Crippen LogP contribution is 2.33. The zero-order valence-electron chi connectivity index (χ0n) is 17.6. The molecule has 0 spiro atoms. The van der Waals surface area contributed by atoms with E-state index in [1.54, 1.807) is 49.2 Å². The molecule has 3 rings (SSSR count). The van der Waals surface area contributed by atoms with Crippen molar-refractivity contribution in [3.63, 3.8) is 0 Å². The lowest BCUT2D eigenvalue weighted by Crippen LogP contribution is -2.09. The second-order valence-electron chi connectivity index (χ2n) is 6.82. The van der Waals surface area contributed by atoms with Crippen LogP contribution in [0.2, 0.25) is 0 Å². The highest BCUT2D eigenvalue weighted by molar-refractivity contribution is 6.02. The molecule has 0 aliphatic rings. The molecule has 1 heterocycles. The molecule has 30 heavy (non-hydrogen) atoms. The van der Waals surface area contributed by atoms with Crippen molar-refractivity contribution in [1.82, 2.24) is 9.78 Å². The summed E-state index contributed by atoms with van der Waals surface area (Å²) in [6.45, 7) is 5.64. The normalized spacial score (nSPS) is 11.0. The van der Waals surface area contributed by atoms with Crippen LogP contribution in [0, 0.1) is 26.6 Å². The Labute approximate surface area is 174 Å². The van der Waals surface area contributed by atoms with Crippen molar-refractivity contribution in [3.05, 3.63) is 70.8 Å². The number of amides is 1. The Morgan fingerprint density at radius 3 is 2.33 bits per heavy atom. The maximum absolute atomic E-state index is 13.2. The van der Waals surface area contributed by atoms with Crippen molar-refractivity contribution in [1.29, 1.82) is 0 Å². The van der Waals surface area contributed by atoms with Crippen molar-refractivity contribution in [3.8, 4) is 17.2 Å². The fraction of sp³-hybridized carbons (Fsp3) is 0.217. The maximum atomic E-state index is 13.2. The molecule has 2 aromatic carbocycles. The second-order valence-corrected chi connectivity index (χ2v) is 6.82. The molecule has 0 unspecified atom stereocenters. The standard InChI is InChI=1S/C23H24FN3O3/c1-14-12-21(29-4)22(30-5)13-20(14)25-23(28)11-10-19-15(2)26-27(16(19)3)18-8-6-17(24)7-9-18/h6-13H,1-5H3,(H,25,28)/b11-10+. The number of carbonyl (C=O) groups excluding carboxylic acids is 1. The van der Waals surface area contributed by atoms with Gasteiger partial charge in [0, 0.05) is 29.1 Å². The molecule has 7 heteroatoms. The maximum Gasteiger partial charge on any atom is 0.248 e. The van der Waals surface area contributed by atoms with Gasteiger partial charge in [-0.05, 0) is 62.7 Å². The van der Waals surface area contributed by atoms with E-state index in [0.29, 0.717) is 17.2 Å². The van der Waals surface area contributed by atoms with E-state index in [-0.39, 0.29) is 11.7 Å². The van der Waals surface area contributed by atoms with Crippen molar-refractivity contribution in [2.45, 2.75) is 20.8 Å². The molecule has 1 amide bonds. The first-order valence-corrected chi connectivity index (χ1v) is 9.38. The van der Waals surface area contributed by atoms with E-state index >= 15 is 0 Å². The number of carbonyl (C=O) groups is 1. The van der Waals surface area contributed by atoms with Gasteiger partial charge >= 0.3 is 0 Å². The Kier molecular flexibility index (Phi) is 6.20. The van der Waals surface area contributed by atoms with E-state index in [0.717, 1.165) is 28.2 Å². The second kappa shape index (κ2) is 8.82. The van der Waals surface area contributed by atoms with Crippen LogP contribution in [0.1, 0.15) is 22.5 Å². The number of anilines is 1. The molecule has 1 N–H and O–H groups in total. The van der Waals surface area contributed by atoms with Crippen molar-refractivity contribution in [2.75, 3.05) is 19.5 Å². The van der Waals surface area contributed by atoms with Crippen molar-refractivity contribution in [2.24, 2.45) is 0 Å². The van der Waals surface area contributed by atoms with E-state index in [1.807, 2.05) is 20.8 Å². The minimum absolute atomic E-state index is 0.279. The number of nitrogens with one attached hydrogen (secondary N) is 1. The summed E-state index contributed by atoms with van der Waals surface area (Å²) in [5.41, 5.74) is 4.69. The van der Waals surface area contributed by atoms with Gasteiger partial charge in [-0.2, -0.15) is 5.10 Å². The number of hydrogen-bond donors (Lipinski definition) is 1. The van der Waals surface area contributed by atoms with Gasteiger partial charge in [0.15, 0.2) is 11.5 Å². The first-order valence-electron chi connectivity index (χ1n) is 9.38. The quantitative estimate of drug-likeness (QED) is 0.604. The summed E-state index contributed by atoms with van der Waals surface area (Å²) in [7, 11) is 3.11. The summed E-state index contributed by atoms with van der Waals surface area (Å²) in [6.07, 6.45) is 3.19. The smallest absolute Gasteiger partial charge is 0.248 e. The molecule has 0 radical (unpaired) electrons. The number of methoxy groups -OCH3 is 2. The summed E-state index contributed by atoms with van der Waals surface area (Å²) >= 11 is 0. The third kappa shape index (κ3) is 4.35. The average molecular weight is 409 g/mol. The summed E-state index contributed by atoms with van der Waals surface area (Å²) in [5.74, 6) is 0.554. The summed E-state index contributed by atoms with van der Waals surface area (Å²) in [5, 5.41) is 7.37. The van der Waals surface area contributed by atoms with Crippen LogP contribution < -0.4 is 14.8 Å². The molecule has 0 bridgehead atoms. The molecule has 6 nitrogen and oxygen atoms in total. The van der Waals surface area contributed by atoms with Gasteiger partial charge in [0.2, 0.25) is 5.91 Å². The number of rotatable bonds is 6. The summed E-state index contributed by atoms with van der Waals surface area (Å²) in [4.78, 5) is 12.5. The molecule has 0 aliphatic heterocycles. The molecule has 0 atom stereocenters. The molecular formula is C23H24FN3O3. The van der Waals surface area contributed by atoms with Crippen LogP contribution in [0.4, 0.5) is 10.1 Å². The predicted molar refractivity (Wildman–Crippen MR) is 115 cm³/mol. The summed E-state index contributed by atoms with van der Waals surface area (Å²) in [6, 6.07) is 9.63. The van der Waals surface area contributed by atoms with Crippen LogP contribution in [0.3, 0.4) is 0 Å². The van der Waals surface area contributed by atoms with Gasteiger partial charge in [0.1, 0.15) is 5.82 Å². The monoisotopic (exact) mass is 409 g/mol. The van der Waals surface area contributed by atoms with Crippen LogP contribution in [0.5, 0.6) is 11.5 Å². The predicted octanol–water partition coefficient (Wildman–Crippen LogP) is 4.61. The molecule has 156 valence electrons. The number of benzene rings is 2. The van der Waals surface area contributed by atoms with E-state index in [1.165, 1.54) is 18.2 Å². The number of hydrogen-bond acceptors (Lipinski definition) is 4. The van der Waals surface area contributed by atoms with Crippen LogP contribution in [-0.2, 0) is 4.79 Å². The molecule has 1 aromatic heterocycles. The highest BCUT2D eigenvalue weighted by atomic mass is 19.1. The van der Waals surface area contributed by atoms with Crippen LogP contribution >= 0.6 is 0 Å². The van der Waals surface area contributed by atoms with Gasteiger partial charge in [-0.15, -0.1) is 0 Å². The number of nitrogens with zero attached hydrogens (tertiary/aromatic N) is 2. The van der Waals surface area contributed by atoms with Gasteiger partial charge in [-0.25, -0.2) is 9.07 Å². The lowest BCUT2D eigenvalue weighted by molar-refractivity contribution is -0.111. The fourth-order valence-corrected chi connectivity index (χ4v) is 3.18. The number of aryl methyl sites for hydroxylation is 2. The third-order valence-corrected chi connectivity index (χ3v) is 4.81. The lowest BCUT2D eigenvalue weighted by Gasteiger charge is -2.12. The SMILES string of the molecule is COc1cc(C)c(NC(=O)/C=C/c2c(C)nn(-c3ccc(F)cc3)c2C)cc1OC. The molecular weight excluding hydrogens is 385 g/mol. The van der Waals surface area contributed by atoms with Gasteiger partial charge < -0.3 is 14.8 Å². The van der Waals surface area contributed by atoms with Crippen molar-refractivity contribution < 1.29 is 18.7 Å². The minimum atomic E-state index is -0.303. The fourth-order valence-electron chi connectivity index (χ4n) is 3.18. The lowest BCUT2D eigenvalue weighted by atomic mass is 10.1. The molecule has 3 aromatic rings. The van der Waals surface area contributed by atoms with E-state index in [2.05, 4.69) is 10.4 Å². The van der Waals surface area contributed by atoms with Gasteiger partial charge in [0.05, 0.1) is 25.6 Å². The van der Waals surface area contributed by atoms with Gasteiger partial charge in [-0.1, -0.05) is 0 Å². The molecule has 0 fully saturated rings. The highest BCUT2D eigenvalue weighted by Gasteiger charge is 2.13. The Morgan fingerprint density at radius 2 is 1.70 bits per heavy atom. The first-order chi connectivity index (χ1) is 14.3. The molecule has 0 saturated carbocycles. The first kappa shape index (κ1) is 21.1. The minimum Gasteiger partial charge on any atom is -0.493 e. The topological polar surface area (TPSA) is 65.4 Å². The number of halogens is 1. The largest absolute Gasteiger partial charge is 0.493 e.